The number of amides is 1. The van der Waals surface area contributed by atoms with Crippen LogP contribution in [-0.4, -0.2) is 62.1 Å². The summed E-state index contributed by atoms with van der Waals surface area (Å²) in [5.74, 6) is 0.661. The largest absolute Gasteiger partial charge is 0.383 e. The summed E-state index contributed by atoms with van der Waals surface area (Å²) in [4.78, 5) is 16.4. The van der Waals surface area contributed by atoms with E-state index in [1.54, 1.807) is 7.11 Å². The fourth-order valence-electron chi connectivity index (χ4n) is 3.22. The van der Waals surface area contributed by atoms with Crippen molar-refractivity contribution in [1.29, 1.82) is 0 Å². The molecule has 2 N–H and O–H groups in total. The normalized spacial score (nSPS) is 16.1. The van der Waals surface area contributed by atoms with Crippen LogP contribution < -0.4 is 5.73 Å². The number of nitrogens with two attached hydrogens (primary N) is 1. The fourth-order valence-corrected chi connectivity index (χ4v) is 3.22. The van der Waals surface area contributed by atoms with Crippen molar-refractivity contribution in [2.45, 2.75) is 25.4 Å². The topological polar surface area (TPSA) is 58.8 Å². The van der Waals surface area contributed by atoms with Crippen molar-refractivity contribution in [2.24, 2.45) is 11.7 Å². The molecule has 0 radical (unpaired) electrons. The minimum absolute atomic E-state index is 0. The van der Waals surface area contributed by atoms with E-state index >= 15 is 0 Å². The van der Waals surface area contributed by atoms with E-state index in [1.165, 1.54) is 5.56 Å². The predicted octanol–water partition coefficient (Wildman–Crippen LogP) is 2.17. The summed E-state index contributed by atoms with van der Waals surface area (Å²) < 4.78 is 4.97. The zero-order valence-corrected chi connectivity index (χ0v) is 16.7. The van der Waals surface area contributed by atoms with Crippen molar-refractivity contribution < 1.29 is 9.53 Å². The fraction of sp³-hybridized carbons (Fsp3) is 0.611. The predicted molar refractivity (Wildman–Crippen MR) is 106 cm³/mol. The van der Waals surface area contributed by atoms with Crippen LogP contribution in [0, 0.1) is 5.92 Å². The molecule has 1 heterocycles. The molecule has 1 aliphatic heterocycles. The zero-order valence-electron chi connectivity index (χ0n) is 15.1. The first-order valence-corrected chi connectivity index (χ1v) is 8.36. The molecule has 1 unspecified atom stereocenters. The number of nitrogens with zero attached hydrogens (tertiary/aromatic N) is 2. The molecule has 0 aliphatic carbocycles. The van der Waals surface area contributed by atoms with Crippen LogP contribution in [0.15, 0.2) is 30.3 Å². The molecular weight excluding hydrogens is 361 g/mol. The number of carbonyl (C=O) groups excluding carboxylic acids is 1. The number of likely N-dealkylation sites (tertiary alicyclic amines) is 1. The highest BCUT2D eigenvalue weighted by atomic mass is 35.5. The summed E-state index contributed by atoms with van der Waals surface area (Å²) in [5, 5.41) is 0. The van der Waals surface area contributed by atoms with Gasteiger partial charge in [-0.2, -0.15) is 0 Å². The Kier molecular flexibility index (Phi) is 12.1. The van der Waals surface area contributed by atoms with Gasteiger partial charge in [-0.05, 0) is 31.4 Å². The van der Waals surface area contributed by atoms with Gasteiger partial charge in [-0.1, -0.05) is 30.3 Å². The molecule has 1 aromatic rings. The Labute approximate surface area is 163 Å². The Morgan fingerprint density at radius 2 is 1.88 bits per heavy atom. The van der Waals surface area contributed by atoms with Crippen molar-refractivity contribution in [2.75, 3.05) is 40.4 Å². The van der Waals surface area contributed by atoms with Crippen molar-refractivity contribution >= 4 is 30.7 Å². The molecule has 25 heavy (non-hydrogen) atoms. The highest BCUT2D eigenvalue weighted by Gasteiger charge is 2.26. The molecule has 144 valence electrons. The Morgan fingerprint density at radius 1 is 1.28 bits per heavy atom. The molecule has 1 aliphatic rings. The van der Waals surface area contributed by atoms with Crippen LogP contribution >= 0.6 is 24.8 Å². The Balaban J connectivity index is 0.00000288. The first kappa shape index (κ1) is 24.1. The van der Waals surface area contributed by atoms with Crippen molar-refractivity contribution in [3.05, 3.63) is 35.9 Å². The van der Waals surface area contributed by atoms with Gasteiger partial charge in [0, 0.05) is 33.3 Å². The summed E-state index contributed by atoms with van der Waals surface area (Å²) in [5.41, 5.74) is 7.18. The lowest BCUT2D eigenvalue weighted by Crippen LogP contribution is -2.49. The average molecular weight is 392 g/mol. The Morgan fingerprint density at radius 3 is 2.44 bits per heavy atom. The number of hydrogen-bond acceptors (Lipinski definition) is 4. The van der Waals surface area contributed by atoms with Gasteiger partial charge in [0.15, 0.2) is 0 Å². The number of benzene rings is 1. The molecular formula is C18H31Cl2N3O2. The molecule has 0 spiro atoms. The highest BCUT2D eigenvalue weighted by molar-refractivity contribution is 5.85. The van der Waals surface area contributed by atoms with E-state index in [9.17, 15) is 4.79 Å². The molecule has 0 saturated carbocycles. The lowest BCUT2D eigenvalue weighted by Gasteiger charge is -2.35. The van der Waals surface area contributed by atoms with Crippen LogP contribution in [0.5, 0.6) is 0 Å². The van der Waals surface area contributed by atoms with Crippen LogP contribution in [0.1, 0.15) is 18.4 Å². The zero-order chi connectivity index (χ0) is 16.7. The van der Waals surface area contributed by atoms with Gasteiger partial charge in [0.05, 0.1) is 6.61 Å². The van der Waals surface area contributed by atoms with E-state index < -0.39 is 6.04 Å². The van der Waals surface area contributed by atoms with Gasteiger partial charge < -0.3 is 20.3 Å². The van der Waals surface area contributed by atoms with Gasteiger partial charge in [0.1, 0.15) is 6.04 Å². The second kappa shape index (κ2) is 12.5. The summed E-state index contributed by atoms with van der Waals surface area (Å²) in [6.45, 7) is 3.94. The van der Waals surface area contributed by atoms with Crippen LogP contribution in [0.25, 0.3) is 0 Å². The maximum Gasteiger partial charge on any atom is 0.241 e. The molecule has 2 rings (SSSR count). The smallest absolute Gasteiger partial charge is 0.241 e. The van der Waals surface area contributed by atoms with Gasteiger partial charge in [0.2, 0.25) is 5.91 Å². The molecule has 1 fully saturated rings. The van der Waals surface area contributed by atoms with Crippen molar-refractivity contribution in [3.8, 4) is 0 Å². The van der Waals surface area contributed by atoms with Crippen LogP contribution in [0.2, 0.25) is 0 Å². The molecule has 7 heteroatoms. The number of halogens is 2. The third kappa shape index (κ3) is 7.92. The number of methoxy groups -OCH3 is 1. The van der Waals surface area contributed by atoms with Crippen LogP contribution in [0.4, 0.5) is 0 Å². The monoisotopic (exact) mass is 391 g/mol. The summed E-state index contributed by atoms with van der Waals surface area (Å²) in [7, 11) is 3.74. The second-order valence-corrected chi connectivity index (χ2v) is 6.51. The lowest BCUT2D eigenvalue weighted by molar-refractivity contribution is -0.135. The third-order valence-corrected chi connectivity index (χ3v) is 4.45. The van der Waals surface area contributed by atoms with E-state index in [-0.39, 0.29) is 30.7 Å². The Hall–Kier alpha value is -0.850. The first-order valence-electron chi connectivity index (χ1n) is 8.36. The van der Waals surface area contributed by atoms with Crippen molar-refractivity contribution in [1.82, 2.24) is 9.80 Å². The molecule has 1 aromatic carbocycles. The molecule has 1 amide bonds. The van der Waals surface area contributed by atoms with Crippen LogP contribution in [0.3, 0.4) is 0 Å². The van der Waals surface area contributed by atoms with Crippen molar-refractivity contribution in [3.63, 3.8) is 0 Å². The molecule has 1 atom stereocenters. The van der Waals surface area contributed by atoms with E-state index in [2.05, 4.69) is 36.2 Å². The van der Waals surface area contributed by atoms with Crippen LogP contribution in [-0.2, 0) is 16.1 Å². The van der Waals surface area contributed by atoms with E-state index in [4.69, 9.17) is 10.5 Å². The number of piperidine rings is 1. The summed E-state index contributed by atoms with van der Waals surface area (Å²) in [6, 6.07) is 10.00. The minimum atomic E-state index is -0.530. The first-order chi connectivity index (χ1) is 11.1. The quantitative estimate of drug-likeness (QED) is 0.773. The number of rotatable bonds is 7. The standard InChI is InChI=1S/C18H29N3O2.2ClH/c1-20(12-15-6-4-3-5-7-15)13-16-8-10-21(11-9-16)18(22)17(19)14-23-2;;/h3-7,16-17H,8-14,19H2,1-2H3;2*1H. The van der Waals surface area contributed by atoms with E-state index in [0.29, 0.717) is 12.5 Å². The third-order valence-electron chi connectivity index (χ3n) is 4.45. The Bertz CT molecular complexity index is 482. The highest BCUT2D eigenvalue weighted by Crippen LogP contribution is 2.19. The van der Waals surface area contributed by atoms with E-state index in [1.807, 2.05) is 11.0 Å². The number of carbonyl (C=O) groups is 1. The number of hydrogen-bond donors (Lipinski definition) is 1. The molecule has 0 bridgehead atoms. The summed E-state index contributed by atoms with van der Waals surface area (Å²) >= 11 is 0. The molecule has 1 saturated heterocycles. The average Bonchev–Trinajstić information content (AvgIpc) is 2.56. The van der Waals surface area contributed by atoms with E-state index in [0.717, 1.165) is 39.0 Å². The maximum absolute atomic E-state index is 12.2. The lowest BCUT2D eigenvalue weighted by atomic mass is 9.95. The van der Waals surface area contributed by atoms with Gasteiger partial charge in [0.25, 0.3) is 0 Å². The molecule has 5 nitrogen and oxygen atoms in total. The summed E-state index contributed by atoms with van der Waals surface area (Å²) in [6.07, 6.45) is 2.09. The van der Waals surface area contributed by atoms with Gasteiger partial charge in [-0.3, -0.25) is 4.79 Å². The second-order valence-electron chi connectivity index (χ2n) is 6.51. The SMILES string of the molecule is COCC(N)C(=O)N1CCC(CN(C)Cc2ccccc2)CC1.Cl.Cl. The number of ether oxygens (including phenoxy) is 1. The van der Waals surface area contributed by atoms with Gasteiger partial charge in [-0.15, -0.1) is 24.8 Å². The minimum Gasteiger partial charge on any atom is -0.383 e. The van der Waals surface area contributed by atoms with Gasteiger partial charge in [-0.25, -0.2) is 0 Å². The van der Waals surface area contributed by atoms with Gasteiger partial charge >= 0.3 is 0 Å². The maximum atomic E-state index is 12.2. The molecule has 0 aromatic heterocycles.